The molecule has 0 bridgehead atoms. The number of anilines is 1. The lowest BCUT2D eigenvalue weighted by Crippen LogP contribution is -2.36. The molecule has 2 aliphatic heterocycles. The van der Waals surface area contributed by atoms with Crippen molar-refractivity contribution in [1.29, 1.82) is 0 Å². The van der Waals surface area contributed by atoms with E-state index in [1.165, 1.54) is 24.1 Å². The molecule has 122 valence electrons. The van der Waals surface area contributed by atoms with Crippen molar-refractivity contribution in [1.82, 2.24) is 0 Å². The molecule has 3 rings (SSSR count). The minimum atomic E-state index is 0.450. The topological polar surface area (TPSA) is 21.7 Å². The van der Waals surface area contributed by atoms with Crippen LogP contribution in [0.1, 0.15) is 31.2 Å². The van der Waals surface area contributed by atoms with Gasteiger partial charge in [-0.3, -0.25) is 0 Å². The van der Waals surface area contributed by atoms with Gasteiger partial charge in [-0.25, -0.2) is 0 Å². The van der Waals surface area contributed by atoms with E-state index in [9.17, 15) is 0 Å². The number of benzene rings is 1. The summed E-state index contributed by atoms with van der Waals surface area (Å²) in [5.41, 5.74) is 2.79. The summed E-state index contributed by atoms with van der Waals surface area (Å²) in [6.07, 6.45) is 5.13. The SMILES string of the molecule is COC1CCN(c2ccc(CSC3CCOCC3)cc2)CC1. The Morgan fingerprint density at radius 1 is 1.09 bits per heavy atom. The summed E-state index contributed by atoms with van der Waals surface area (Å²) in [6.45, 7) is 4.09. The first-order valence-electron chi connectivity index (χ1n) is 8.41. The lowest BCUT2D eigenvalue weighted by Gasteiger charge is -2.33. The van der Waals surface area contributed by atoms with Crippen molar-refractivity contribution in [3.63, 3.8) is 0 Å². The van der Waals surface area contributed by atoms with E-state index in [2.05, 4.69) is 40.9 Å². The average molecular weight is 321 g/mol. The standard InChI is InChI=1S/C18H27NO2S/c1-20-17-6-10-19(11-7-17)16-4-2-15(3-5-16)14-22-18-8-12-21-13-9-18/h2-5,17-18H,6-14H2,1H3. The zero-order valence-electron chi connectivity index (χ0n) is 13.5. The first kappa shape index (κ1) is 16.2. The Bertz CT molecular complexity index is 437. The molecule has 4 heteroatoms. The number of piperidine rings is 1. The number of hydrogen-bond donors (Lipinski definition) is 0. The smallest absolute Gasteiger partial charge is 0.0605 e. The molecule has 22 heavy (non-hydrogen) atoms. The van der Waals surface area contributed by atoms with Gasteiger partial charge in [0.25, 0.3) is 0 Å². The van der Waals surface area contributed by atoms with Crippen LogP contribution in [0.5, 0.6) is 0 Å². The minimum Gasteiger partial charge on any atom is -0.381 e. The molecule has 1 aromatic carbocycles. The Morgan fingerprint density at radius 2 is 1.77 bits per heavy atom. The molecule has 1 aromatic rings. The fourth-order valence-electron chi connectivity index (χ4n) is 3.21. The molecule has 0 N–H and O–H groups in total. The van der Waals surface area contributed by atoms with Gasteiger partial charge in [0.15, 0.2) is 0 Å². The van der Waals surface area contributed by atoms with E-state index < -0.39 is 0 Å². The first-order valence-corrected chi connectivity index (χ1v) is 9.46. The van der Waals surface area contributed by atoms with Crippen LogP contribution in [-0.4, -0.2) is 44.8 Å². The van der Waals surface area contributed by atoms with Crippen LogP contribution in [-0.2, 0) is 15.2 Å². The second-order valence-corrected chi connectivity index (χ2v) is 7.50. The van der Waals surface area contributed by atoms with E-state index in [1.807, 2.05) is 7.11 Å². The fraction of sp³-hybridized carbons (Fsp3) is 0.667. The summed E-state index contributed by atoms with van der Waals surface area (Å²) in [7, 11) is 1.82. The summed E-state index contributed by atoms with van der Waals surface area (Å²) < 4.78 is 10.9. The molecule has 0 atom stereocenters. The first-order chi connectivity index (χ1) is 10.8. The van der Waals surface area contributed by atoms with Crippen LogP contribution in [0.15, 0.2) is 24.3 Å². The largest absolute Gasteiger partial charge is 0.381 e. The van der Waals surface area contributed by atoms with Gasteiger partial charge in [0.05, 0.1) is 6.10 Å². The maximum absolute atomic E-state index is 5.45. The molecule has 0 spiro atoms. The predicted molar refractivity (Wildman–Crippen MR) is 93.8 cm³/mol. The summed E-state index contributed by atoms with van der Waals surface area (Å²) in [5, 5.41) is 0.779. The molecule has 2 fully saturated rings. The van der Waals surface area contributed by atoms with Gasteiger partial charge in [-0.15, -0.1) is 0 Å². The van der Waals surface area contributed by atoms with Gasteiger partial charge in [-0.2, -0.15) is 11.8 Å². The predicted octanol–water partition coefficient (Wildman–Crippen LogP) is 3.71. The van der Waals surface area contributed by atoms with Crippen LogP contribution in [0.25, 0.3) is 0 Å². The lowest BCUT2D eigenvalue weighted by molar-refractivity contribution is 0.0819. The number of hydrogen-bond acceptors (Lipinski definition) is 4. The third-order valence-corrected chi connectivity index (χ3v) is 6.17. The van der Waals surface area contributed by atoms with Gasteiger partial charge in [-0.05, 0) is 43.4 Å². The molecule has 0 saturated carbocycles. The van der Waals surface area contributed by atoms with Crippen molar-refractivity contribution in [3.8, 4) is 0 Å². The number of ether oxygens (including phenoxy) is 2. The molecule has 0 amide bonds. The highest BCUT2D eigenvalue weighted by Crippen LogP contribution is 2.27. The Kier molecular flexibility index (Phi) is 6.04. The molecule has 0 aromatic heterocycles. The summed E-state index contributed by atoms with van der Waals surface area (Å²) in [5.74, 6) is 1.12. The van der Waals surface area contributed by atoms with E-state index in [4.69, 9.17) is 9.47 Å². The summed E-state index contributed by atoms with van der Waals surface area (Å²) in [6, 6.07) is 9.16. The number of nitrogens with zero attached hydrogens (tertiary/aromatic N) is 1. The normalized spacial score (nSPS) is 21.2. The van der Waals surface area contributed by atoms with Crippen LogP contribution in [0.3, 0.4) is 0 Å². The molecule has 3 nitrogen and oxygen atoms in total. The van der Waals surface area contributed by atoms with E-state index in [-0.39, 0.29) is 0 Å². The van der Waals surface area contributed by atoms with Gasteiger partial charge in [-0.1, -0.05) is 12.1 Å². The third-order valence-electron chi connectivity index (χ3n) is 4.73. The number of thioether (sulfide) groups is 1. The van der Waals surface area contributed by atoms with E-state index >= 15 is 0 Å². The monoisotopic (exact) mass is 321 g/mol. The van der Waals surface area contributed by atoms with Crippen molar-refractivity contribution in [2.45, 2.75) is 42.8 Å². The second kappa shape index (κ2) is 8.23. The van der Waals surface area contributed by atoms with Crippen LogP contribution in [0.4, 0.5) is 5.69 Å². The number of rotatable bonds is 5. The molecule has 2 aliphatic rings. The highest BCUT2D eigenvalue weighted by molar-refractivity contribution is 7.99. The van der Waals surface area contributed by atoms with Gasteiger partial charge in [0.1, 0.15) is 0 Å². The van der Waals surface area contributed by atoms with Crippen LogP contribution in [0.2, 0.25) is 0 Å². The Hall–Kier alpha value is -0.710. The highest BCUT2D eigenvalue weighted by Gasteiger charge is 2.19. The van der Waals surface area contributed by atoms with E-state index in [1.54, 1.807) is 0 Å². The van der Waals surface area contributed by atoms with E-state index in [0.717, 1.165) is 50.1 Å². The molecule has 0 radical (unpaired) electrons. The average Bonchev–Trinajstić information content (AvgIpc) is 2.61. The molecule has 2 heterocycles. The van der Waals surface area contributed by atoms with Gasteiger partial charge >= 0.3 is 0 Å². The van der Waals surface area contributed by atoms with Gasteiger partial charge in [0.2, 0.25) is 0 Å². The quantitative estimate of drug-likeness (QED) is 0.824. The lowest BCUT2D eigenvalue weighted by atomic mass is 10.1. The Morgan fingerprint density at radius 3 is 2.41 bits per heavy atom. The molecule has 2 saturated heterocycles. The van der Waals surface area contributed by atoms with Gasteiger partial charge in [0, 0.05) is 50.1 Å². The maximum Gasteiger partial charge on any atom is 0.0605 e. The zero-order valence-corrected chi connectivity index (χ0v) is 14.3. The molecule has 0 aliphatic carbocycles. The zero-order chi connectivity index (χ0) is 15.2. The summed E-state index contributed by atoms with van der Waals surface area (Å²) in [4.78, 5) is 2.48. The van der Waals surface area contributed by atoms with Crippen LogP contribution in [0, 0.1) is 0 Å². The number of methoxy groups -OCH3 is 1. The second-order valence-electron chi connectivity index (χ2n) is 6.21. The molecule has 0 unspecified atom stereocenters. The summed E-state index contributed by atoms with van der Waals surface area (Å²) >= 11 is 2.09. The van der Waals surface area contributed by atoms with Crippen molar-refractivity contribution in [3.05, 3.63) is 29.8 Å². The Labute approximate surface area is 138 Å². The van der Waals surface area contributed by atoms with Crippen molar-refractivity contribution < 1.29 is 9.47 Å². The molecular formula is C18H27NO2S. The van der Waals surface area contributed by atoms with Gasteiger partial charge < -0.3 is 14.4 Å². The fourth-order valence-corrected chi connectivity index (χ4v) is 4.36. The van der Waals surface area contributed by atoms with Crippen molar-refractivity contribution in [2.24, 2.45) is 0 Å². The highest BCUT2D eigenvalue weighted by atomic mass is 32.2. The third kappa shape index (κ3) is 4.40. The maximum atomic E-state index is 5.45. The minimum absolute atomic E-state index is 0.450. The van der Waals surface area contributed by atoms with E-state index in [0.29, 0.717) is 6.10 Å². The van der Waals surface area contributed by atoms with Crippen LogP contribution >= 0.6 is 11.8 Å². The molecular weight excluding hydrogens is 294 g/mol. The van der Waals surface area contributed by atoms with Crippen LogP contribution < -0.4 is 4.90 Å². The Balaban J connectivity index is 1.47. The van der Waals surface area contributed by atoms with Crippen molar-refractivity contribution in [2.75, 3.05) is 38.3 Å². The van der Waals surface area contributed by atoms with Crippen molar-refractivity contribution >= 4 is 17.4 Å².